The van der Waals surface area contributed by atoms with E-state index >= 15 is 0 Å². The van der Waals surface area contributed by atoms with Gasteiger partial charge in [0.1, 0.15) is 0 Å². The van der Waals surface area contributed by atoms with E-state index in [0.29, 0.717) is 6.04 Å². The van der Waals surface area contributed by atoms with Crippen molar-refractivity contribution in [1.29, 1.82) is 0 Å². The van der Waals surface area contributed by atoms with Crippen molar-refractivity contribution in [2.75, 3.05) is 13.1 Å². The minimum absolute atomic E-state index is 0.0808. The summed E-state index contributed by atoms with van der Waals surface area (Å²) >= 11 is 0. The van der Waals surface area contributed by atoms with Gasteiger partial charge in [-0.2, -0.15) is 0 Å². The summed E-state index contributed by atoms with van der Waals surface area (Å²) in [4.78, 5) is 2.48. The van der Waals surface area contributed by atoms with Crippen molar-refractivity contribution >= 4 is 0 Å². The second kappa shape index (κ2) is 6.49. The lowest BCUT2D eigenvalue weighted by atomic mass is 9.90. The Kier molecular flexibility index (Phi) is 5.62. The molecule has 1 saturated carbocycles. The Morgan fingerprint density at radius 2 is 1.93 bits per heavy atom. The van der Waals surface area contributed by atoms with Crippen molar-refractivity contribution in [3.8, 4) is 0 Å². The normalized spacial score (nSPS) is 29.4. The smallest absolute Gasteiger partial charge is 0.0695 e. The number of aliphatic hydroxyl groups excluding tert-OH is 1. The second-order valence-electron chi connectivity index (χ2n) is 5.02. The molecule has 0 amide bonds. The van der Waals surface area contributed by atoms with Gasteiger partial charge in [-0.25, -0.2) is 0 Å². The van der Waals surface area contributed by atoms with Gasteiger partial charge in [0.15, 0.2) is 0 Å². The molecule has 1 aliphatic rings. The molecule has 1 aliphatic carbocycles. The maximum absolute atomic E-state index is 10.0. The molecule has 0 spiro atoms. The number of aliphatic hydroxyl groups is 1. The van der Waals surface area contributed by atoms with Gasteiger partial charge >= 0.3 is 0 Å². The number of rotatable bonds is 5. The zero-order valence-electron chi connectivity index (χ0n) is 10.6. The SMILES string of the molecule is CCC(C)CN(CC)[C@H]1CCCC[C@@H]1O. The quantitative estimate of drug-likeness (QED) is 0.759. The van der Waals surface area contributed by atoms with E-state index in [4.69, 9.17) is 0 Å². The molecule has 1 rings (SSSR count). The summed E-state index contributed by atoms with van der Waals surface area (Å²) in [5, 5.41) is 10.0. The van der Waals surface area contributed by atoms with E-state index in [1.165, 1.54) is 25.7 Å². The molecule has 0 heterocycles. The third-order valence-corrected chi connectivity index (χ3v) is 3.81. The van der Waals surface area contributed by atoms with E-state index in [-0.39, 0.29) is 6.10 Å². The largest absolute Gasteiger partial charge is 0.391 e. The zero-order chi connectivity index (χ0) is 11.3. The van der Waals surface area contributed by atoms with Gasteiger partial charge in [-0.15, -0.1) is 0 Å². The monoisotopic (exact) mass is 213 g/mol. The number of nitrogens with zero attached hydrogens (tertiary/aromatic N) is 1. The predicted octanol–water partition coefficient (Wildman–Crippen LogP) is 2.66. The van der Waals surface area contributed by atoms with E-state index in [9.17, 15) is 5.11 Å². The van der Waals surface area contributed by atoms with Crippen molar-refractivity contribution in [3.05, 3.63) is 0 Å². The summed E-state index contributed by atoms with van der Waals surface area (Å²) in [6.07, 6.45) is 5.84. The van der Waals surface area contributed by atoms with Crippen molar-refractivity contribution in [2.24, 2.45) is 5.92 Å². The van der Waals surface area contributed by atoms with Crippen LogP contribution in [0.1, 0.15) is 52.9 Å². The van der Waals surface area contributed by atoms with E-state index in [2.05, 4.69) is 25.7 Å². The van der Waals surface area contributed by atoms with Gasteiger partial charge in [-0.1, -0.05) is 40.0 Å². The summed E-state index contributed by atoms with van der Waals surface area (Å²) in [5.41, 5.74) is 0. The van der Waals surface area contributed by atoms with Crippen molar-refractivity contribution in [2.45, 2.75) is 65.0 Å². The van der Waals surface area contributed by atoms with Crippen LogP contribution in [-0.4, -0.2) is 35.2 Å². The summed E-state index contributed by atoms with van der Waals surface area (Å²) in [7, 11) is 0. The molecule has 90 valence electrons. The highest BCUT2D eigenvalue weighted by Gasteiger charge is 2.28. The average molecular weight is 213 g/mol. The molecule has 0 aromatic rings. The van der Waals surface area contributed by atoms with Crippen LogP contribution >= 0.6 is 0 Å². The van der Waals surface area contributed by atoms with Crippen LogP contribution in [0.25, 0.3) is 0 Å². The lowest BCUT2D eigenvalue weighted by Gasteiger charge is -2.38. The van der Waals surface area contributed by atoms with Gasteiger partial charge in [-0.05, 0) is 25.3 Å². The van der Waals surface area contributed by atoms with Crippen molar-refractivity contribution in [1.82, 2.24) is 4.90 Å². The second-order valence-corrected chi connectivity index (χ2v) is 5.02. The average Bonchev–Trinajstić information content (AvgIpc) is 2.26. The molecule has 2 nitrogen and oxygen atoms in total. The molecule has 1 fully saturated rings. The maximum Gasteiger partial charge on any atom is 0.0695 e. The molecule has 0 aromatic heterocycles. The number of hydrogen-bond donors (Lipinski definition) is 1. The fourth-order valence-corrected chi connectivity index (χ4v) is 2.55. The maximum atomic E-state index is 10.0. The third kappa shape index (κ3) is 3.76. The molecule has 15 heavy (non-hydrogen) atoms. The summed E-state index contributed by atoms with van der Waals surface area (Å²) < 4.78 is 0. The summed E-state index contributed by atoms with van der Waals surface area (Å²) in [6.45, 7) is 8.98. The van der Waals surface area contributed by atoms with Crippen LogP contribution in [0.5, 0.6) is 0 Å². The molecule has 0 bridgehead atoms. The molecule has 0 radical (unpaired) electrons. The van der Waals surface area contributed by atoms with E-state index < -0.39 is 0 Å². The summed E-state index contributed by atoms with van der Waals surface area (Å²) in [6, 6.07) is 0.428. The molecule has 0 aliphatic heterocycles. The molecule has 1 N–H and O–H groups in total. The lowest BCUT2D eigenvalue weighted by molar-refractivity contribution is 0.0159. The molecule has 0 saturated heterocycles. The molecular weight excluding hydrogens is 186 g/mol. The molecule has 1 unspecified atom stereocenters. The van der Waals surface area contributed by atoms with Gasteiger partial charge in [0.05, 0.1) is 6.10 Å². The minimum Gasteiger partial charge on any atom is -0.391 e. The fraction of sp³-hybridized carbons (Fsp3) is 1.00. The summed E-state index contributed by atoms with van der Waals surface area (Å²) in [5.74, 6) is 0.749. The number of hydrogen-bond acceptors (Lipinski definition) is 2. The number of likely N-dealkylation sites (N-methyl/N-ethyl adjacent to an activating group) is 1. The van der Waals surface area contributed by atoms with Gasteiger partial charge in [0, 0.05) is 12.6 Å². The van der Waals surface area contributed by atoms with Crippen molar-refractivity contribution in [3.63, 3.8) is 0 Å². The highest BCUT2D eigenvalue weighted by atomic mass is 16.3. The first-order chi connectivity index (χ1) is 7.19. The Morgan fingerprint density at radius 1 is 1.27 bits per heavy atom. The zero-order valence-corrected chi connectivity index (χ0v) is 10.6. The van der Waals surface area contributed by atoms with Gasteiger partial charge < -0.3 is 5.11 Å². The third-order valence-electron chi connectivity index (χ3n) is 3.81. The molecular formula is C13H27NO. The van der Waals surface area contributed by atoms with Gasteiger partial charge in [0.2, 0.25) is 0 Å². The van der Waals surface area contributed by atoms with Crippen molar-refractivity contribution < 1.29 is 5.11 Å². The van der Waals surface area contributed by atoms with Gasteiger partial charge in [0.25, 0.3) is 0 Å². The Labute approximate surface area is 94.7 Å². The Morgan fingerprint density at radius 3 is 2.47 bits per heavy atom. The standard InChI is InChI=1S/C13H27NO/c1-4-11(3)10-14(5-2)12-8-6-7-9-13(12)15/h11-13,15H,4-10H2,1-3H3/t11?,12-,13-/m0/s1. The fourth-order valence-electron chi connectivity index (χ4n) is 2.55. The lowest BCUT2D eigenvalue weighted by Crippen LogP contribution is -2.46. The first-order valence-corrected chi connectivity index (χ1v) is 6.61. The molecule has 2 heteroatoms. The van der Waals surface area contributed by atoms with Gasteiger partial charge in [-0.3, -0.25) is 4.90 Å². The van der Waals surface area contributed by atoms with E-state index in [1.54, 1.807) is 0 Å². The predicted molar refractivity (Wildman–Crippen MR) is 65.0 cm³/mol. The van der Waals surface area contributed by atoms with Crippen LogP contribution in [0.3, 0.4) is 0 Å². The minimum atomic E-state index is -0.0808. The van der Waals surface area contributed by atoms with Crippen LogP contribution in [0.2, 0.25) is 0 Å². The first kappa shape index (κ1) is 13.0. The Bertz CT molecular complexity index is 172. The first-order valence-electron chi connectivity index (χ1n) is 6.61. The molecule has 0 aromatic carbocycles. The highest BCUT2D eigenvalue weighted by Crippen LogP contribution is 2.24. The van der Waals surface area contributed by atoms with Crippen LogP contribution in [0, 0.1) is 5.92 Å². The van der Waals surface area contributed by atoms with E-state index in [0.717, 1.165) is 25.4 Å². The van der Waals surface area contributed by atoms with Crippen LogP contribution < -0.4 is 0 Å². The topological polar surface area (TPSA) is 23.5 Å². The van der Waals surface area contributed by atoms with Crippen LogP contribution in [0.15, 0.2) is 0 Å². The van der Waals surface area contributed by atoms with Crippen LogP contribution in [0.4, 0.5) is 0 Å². The Hall–Kier alpha value is -0.0800. The molecule has 3 atom stereocenters. The van der Waals surface area contributed by atoms with Crippen LogP contribution in [-0.2, 0) is 0 Å². The highest BCUT2D eigenvalue weighted by molar-refractivity contribution is 4.83. The Balaban J connectivity index is 2.48. The van der Waals surface area contributed by atoms with E-state index in [1.807, 2.05) is 0 Å².